The topological polar surface area (TPSA) is 208 Å². The van der Waals surface area contributed by atoms with Gasteiger partial charge in [0.05, 0.1) is 18.2 Å². The van der Waals surface area contributed by atoms with Crippen LogP contribution < -0.4 is 16.2 Å². The third-order valence-electron chi connectivity index (χ3n) is 3.55. The van der Waals surface area contributed by atoms with Gasteiger partial charge in [-0.25, -0.2) is 18.4 Å². The van der Waals surface area contributed by atoms with Crippen LogP contribution in [0.15, 0.2) is 0 Å². The van der Waals surface area contributed by atoms with E-state index in [9.17, 15) is 32.7 Å². The number of rotatable bonds is 6. The van der Waals surface area contributed by atoms with E-state index in [0.29, 0.717) is 5.06 Å². The van der Waals surface area contributed by atoms with Crippen LogP contribution in [0, 0.1) is 0 Å². The monoisotopic (exact) mass is 380 g/mol. The molecule has 13 nitrogen and oxygen atoms in total. The normalized spacial score (nSPS) is 27.9. The predicted octanol–water partition coefficient (Wildman–Crippen LogP) is -4.02. The number of hydrogen-bond acceptors (Lipinski definition) is 9. The smallest absolute Gasteiger partial charge is 0.372 e. The van der Waals surface area contributed by atoms with E-state index in [1.165, 1.54) is 0 Å². The fourth-order valence-corrected chi connectivity index (χ4v) is 3.01. The zero-order valence-corrected chi connectivity index (χ0v) is 13.5. The molecule has 2 rings (SSSR count). The van der Waals surface area contributed by atoms with Crippen molar-refractivity contribution in [3.8, 4) is 0 Å². The number of aliphatic carboxylic acids is 1. The molecule has 2 saturated heterocycles. The maximum absolute atomic E-state index is 12.3. The van der Waals surface area contributed by atoms with Gasteiger partial charge in [0.1, 0.15) is 12.6 Å². The second kappa shape index (κ2) is 6.55. The maximum atomic E-state index is 12.3. The van der Waals surface area contributed by atoms with Gasteiger partial charge < -0.3 is 20.9 Å². The Morgan fingerprint density at radius 3 is 2.56 bits per heavy atom. The average molecular weight is 380 g/mol. The van der Waals surface area contributed by atoms with Gasteiger partial charge in [-0.15, -0.1) is 0 Å². The van der Waals surface area contributed by atoms with Crippen molar-refractivity contribution < 1.29 is 42.3 Å². The first kappa shape index (κ1) is 19.0. The molecular formula is C11H16N4O9S. The minimum atomic E-state index is -4.01. The molecule has 2 fully saturated rings. The molecule has 0 bridgehead atoms. The van der Waals surface area contributed by atoms with Crippen LogP contribution in [0.1, 0.15) is 12.8 Å². The van der Waals surface area contributed by atoms with E-state index in [1.54, 1.807) is 0 Å². The van der Waals surface area contributed by atoms with Crippen LogP contribution in [0.5, 0.6) is 0 Å². The van der Waals surface area contributed by atoms with Gasteiger partial charge in [-0.2, -0.15) is 5.06 Å². The number of esters is 1. The Hall–Kier alpha value is -2.29. The van der Waals surface area contributed by atoms with Crippen LogP contribution in [0.4, 0.5) is 0 Å². The Balaban J connectivity index is 2.07. The summed E-state index contributed by atoms with van der Waals surface area (Å²) in [5.41, 5.74) is 3.07. The number of cyclic esters (lactones) is 1. The quantitative estimate of drug-likeness (QED) is 0.328. The standard InChI is InChI=1S/C11H16N4O9S/c12-5(4-25(13,21)22)8(17)14-6-3-23-15(9(6)18)11(10(19)20)2-1-7(16)24-11/h5-6H,1-4,12H2,(H,14,17)(H,19,20)(H2,13,21,22)/t5?,6-,11?/m0/s1. The van der Waals surface area contributed by atoms with E-state index in [2.05, 4.69) is 5.32 Å². The Labute approximate surface area is 141 Å². The van der Waals surface area contributed by atoms with Crippen LogP contribution >= 0.6 is 0 Å². The highest BCUT2D eigenvalue weighted by atomic mass is 32.2. The number of carboxylic acids is 1. The van der Waals surface area contributed by atoms with Crippen LogP contribution in [0.2, 0.25) is 0 Å². The van der Waals surface area contributed by atoms with Crippen molar-refractivity contribution in [3.05, 3.63) is 0 Å². The number of sulfonamides is 1. The Morgan fingerprint density at radius 1 is 1.44 bits per heavy atom. The predicted molar refractivity (Wildman–Crippen MR) is 76.4 cm³/mol. The third kappa shape index (κ3) is 3.87. The number of amides is 2. The molecule has 2 amide bonds. The van der Waals surface area contributed by atoms with Crippen LogP contribution in [-0.2, 0) is 38.8 Å². The third-order valence-corrected chi connectivity index (χ3v) is 4.37. The van der Waals surface area contributed by atoms with Crippen LogP contribution in [-0.4, -0.2) is 72.5 Å². The lowest BCUT2D eigenvalue weighted by Crippen LogP contribution is -2.57. The largest absolute Gasteiger partial charge is 0.477 e. The first-order valence-corrected chi connectivity index (χ1v) is 8.66. The lowest BCUT2D eigenvalue weighted by molar-refractivity contribution is -0.256. The molecule has 0 spiro atoms. The molecule has 0 aromatic rings. The van der Waals surface area contributed by atoms with Crippen molar-refractivity contribution in [2.75, 3.05) is 12.4 Å². The highest BCUT2D eigenvalue weighted by Gasteiger charge is 2.59. The summed E-state index contributed by atoms with van der Waals surface area (Å²) < 4.78 is 26.6. The fourth-order valence-electron chi connectivity index (χ4n) is 2.36. The number of carboxylic acid groups (broad SMARTS) is 1. The lowest BCUT2D eigenvalue weighted by Gasteiger charge is -2.30. The first-order valence-electron chi connectivity index (χ1n) is 6.95. The number of carbonyl (C=O) groups is 4. The summed E-state index contributed by atoms with van der Waals surface area (Å²) in [7, 11) is -4.01. The highest BCUT2D eigenvalue weighted by Crippen LogP contribution is 2.33. The van der Waals surface area contributed by atoms with Crippen LogP contribution in [0.25, 0.3) is 0 Å². The molecule has 2 aliphatic rings. The molecule has 0 saturated carbocycles. The minimum absolute atomic E-state index is 0.226. The molecule has 25 heavy (non-hydrogen) atoms. The molecule has 6 N–H and O–H groups in total. The fraction of sp³-hybridized carbons (Fsp3) is 0.636. The van der Waals surface area contributed by atoms with Crippen molar-refractivity contribution in [1.82, 2.24) is 10.4 Å². The van der Waals surface area contributed by atoms with Gasteiger partial charge in [0.25, 0.3) is 5.91 Å². The number of nitrogens with two attached hydrogens (primary N) is 2. The molecule has 2 aliphatic heterocycles. The lowest BCUT2D eigenvalue weighted by atomic mass is 10.1. The van der Waals surface area contributed by atoms with Crippen molar-refractivity contribution >= 4 is 33.8 Å². The zero-order chi connectivity index (χ0) is 19.0. The van der Waals surface area contributed by atoms with Crippen molar-refractivity contribution in [2.45, 2.75) is 30.7 Å². The molecule has 140 valence electrons. The van der Waals surface area contributed by atoms with E-state index in [4.69, 9.17) is 20.4 Å². The van der Waals surface area contributed by atoms with Gasteiger partial charge >= 0.3 is 17.7 Å². The maximum Gasteiger partial charge on any atom is 0.372 e. The van der Waals surface area contributed by atoms with Crippen molar-refractivity contribution in [2.24, 2.45) is 10.9 Å². The summed E-state index contributed by atoms with van der Waals surface area (Å²) in [6, 6.07) is -2.86. The Bertz CT molecular complexity index is 723. The van der Waals surface area contributed by atoms with Crippen molar-refractivity contribution in [3.63, 3.8) is 0 Å². The second-order valence-corrected chi connectivity index (χ2v) is 7.15. The highest BCUT2D eigenvalue weighted by molar-refractivity contribution is 7.89. The summed E-state index contributed by atoms with van der Waals surface area (Å²) in [6.45, 7) is -0.445. The molecule has 3 atom stereocenters. The van der Waals surface area contributed by atoms with E-state index in [-0.39, 0.29) is 12.8 Å². The number of hydroxylamine groups is 2. The van der Waals surface area contributed by atoms with E-state index >= 15 is 0 Å². The Kier molecular flexibility index (Phi) is 4.99. The number of carbonyl (C=O) groups excluding carboxylic acids is 3. The number of ether oxygens (including phenoxy) is 1. The number of nitrogens with zero attached hydrogens (tertiary/aromatic N) is 1. The van der Waals surface area contributed by atoms with Gasteiger partial charge in [0.2, 0.25) is 15.9 Å². The molecule has 2 unspecified atom stereocenters. The molecule has 0 aromatic carbocycles. The van der Waals surface area contributed by atoms with E-state index in [0.717, 1.165) is 0 Å². The molecule has 0 aromatic heterocycles. The molecule has 0 radical (unpaired) electrons. The number of nitrogens with one attached hydrogen (secondary N) is 1. The van der Waals surface area contributed by atoms with Gasteiger partial charge in [-0.1, -0.05) is 0 Å². The summed E-state index contributed by atoms with van der Waals surface area (Å²) in [4.78, 5) is 51.8. The summed E-state index contributed by atoms with van der Waals surface area (Å²) in [5, 5.41) is 16.6. The molecule has 0 aliphatic carbocycles. The van der Waals surface area contributed by atoms with Crippen LogP contribution in [0.3, 0.4) is 0 Å². The van der Waals surface area contributed by atoms with Gasteiger partial charge in [0, 0.05) is 6.42 Å². The van der Waals surface area contributed by atoms with Crippen molar-refractivity contribution in [1.29, 1.82) is 0 Å². The van der Waals surface area contributed by atoms with Gasteiger partial charge in [0.15, 0.2) is 0 Å². The second-order valence-electron chi connectivity index (χ2n) is 5.49. The van der Waals surface area contributed by atoms with Gasteiger partial charge in [-0.3, -0.25) is 19.2 Å². The number of primary sulfonamides is 1. The summed E-state index contributed by atoms with van der Waals surface area (Å²) >= 11 is 0. The minimum Gasteiger partial charge on any atom is -0.477 e. The molecule has 14 heteroatoms. The SMILES string of the molecule is NC(CS(N)(=O)=O)C(=O)N[C@H]1CON(C2(C(=O)O)CCC(=O)O2)C1=O. The zero-order valence-electron chi connectivity index (χ0n) is 12.7. The summed E-state index contributed by atoms with van der Waals surface area (Å²) in [6.07, 6.45) is -0.547. The van der Waals surface area contributed by atoms with Gasteiger partial charge in [-0.05, 0) is 0 Å². The Morgan fingerprint density at radius 2 is 2.08 bits per heavy atom. The summed E-state index contributed by atoms with van der Waals surface area (Å²) in [5.74, 6) is -5.24. The van der Waals surface area contributed by atoms with E-state index < -0.39 is 63.9 Å². The average Bonchev–Trinajstić information content (AvgIpc) is 3.02. The van der Waals surface area contributed by atoms with E-state index in [1.807, 2.05) is 0 Å². The number of hydrogen-bond donors (Lipinski definition) is 4. The molecule has 2 heterocycles. The molecular weight excluding hydrogens is 364 g/mol. The first-order chi connectivity index (χ1) is 11.5.